The molecule has 0 atom stereocenters. The summed E-state index contributed by atoms with van der Waals surface area (Å²) in [6.07, 6.45) is 7.43. The first-order valence-electron chi connectivity index (χ1n) is 15.9. The number of allylic oxidation sites excluding steroid dienone is 5. The summed E-state index contributed by atoms with van der Waals surface area (Å²) in [5.74, 6) is 0. The number of hydrogen-bond donors (Lipinski definition) is 3. The normalized spacial score (nSPS) is 12.6. The molecule has 0 unspecified atom stereocenters. The summed E-state index contributed by atoms with van der Waals surface area (Å²) >= 11 is 0. The first-order valence-corrected chi connectivity index (χ1v) is 20.2. The zero-order chi connectivity index (χ0) is 37.0. The van der Waals surface area contributed by atoms with Crippen molar-refractivity contribution in [3.05, 3.63) is 149 Å². The summed E-state index contributed by atoms with van der Waals surface area (Å²) in [5, 5.41) is 0. The van der Waals surface area contributed by atoms with E-state index in [9.17, 15) is 38.9 Å². The van der Waals surface area contributed by atoms with Crippen LogP contribution in [0.5, 0.6) is 0 Å². The van der Waals surface area contributed by atoms with Crippen molar-refractivity contribution in [3.63, 3.8) is 0 Å². The van der Waals surface area contributed by atoms with Crippen molar-refractivity contribution in [1.82, 2.24) is 0 Å². The van der Waals surface area contributed by atoms with Crippen LogP contribution in [0.3, 0.4) is 0 Å². The average Bonchev–Trinajstić information content (AvgIpc) is 3.10. The van der Waals surface area contributed by atoms with E-state index in [1.165, 1.54) is 36.4 Å². The van der Waals surface area contributed by atoms with Crippen molar-refractivity contribution in [2.24, 2.45) is 0 Å². The van der Waals surface area contributed by atoms with Crippen LogP contribution < -0.4 is 4.90 Å². The predicted molar refractivity (Wildman–Crippen MR) is 214 cm³/mol. The number of anilines is 1. The molecule has 5 rings (SSSR count). The van der Waals surface area contributed by atoms with Crippen molar-refractivity contribution < 1.29 is 49.0 Å². The Hall–Kier alpha value is -2.74. The Morgan fingerprint density at radius 1 is 0.648 bits per heavy atom. The summed E-state index contributed by atoms with van der Waals surface area (Å²) in [6, 6.07) is 25.8. The molecule has 0 heterocycles. The third-order valence-electron chi connectivity index (χ3n) is 8.38. The van der Waals surface area contributed by atoms with Crippen LogP contribution >= 0.6 is 0 Å². The van der Waals surface area contributed by atoms with E-state index in [1.807, 2.05) is 71.9 Å². The molecule has 0 aliphatic heterocycles. The SMILES string of the molecule is CCN(Cc1cccc(S(=O)(=O)O)c1)c1ccc(C(=C2C=CC(=[N+](CC)Cc3cccc(S(=O)(=O)O)c3)C=C2)c2ccccc2S(=O)(=O)O)cc1.O.[NaH].[NaH]. The number of nitrogens with zero attached hydrogens (tertiary/aromatic N) is 2. The Bertz CT molecular complexity index is 2410. The molecule has 17 heteroatoms. The third kappa shape index (κ3) is 11.9. The van der Waals surface area contributed by atoms with Gasteiger partial charge in [0.15, 0.2) is 12.3 Å². The van der Waals surface area contributed by atoms with Gasteiger partial charge in [-0.05, 0) is 90.7 Å². The standard InChI is InChI=1S/C37H36N2O9S3.2Na.H2O.2H/c1-3-38(25-27-9-7-11-33(23-27)49(40,41)42)31-19-15-29(16-20-31)37(35-13-5-6-14-36(35)51(46,47)48)30-17-21-32(22-18-30)39(4-2)26-28-10-8-12-34(24-28)50(43,44)45;;;;;/h5-24H,3-4,25-26H2,1-2H3,(H2-,40,41,42,43,44,45,46,47,48);;;1H2;;/p+1. The molecule has 12 nitrogen and oxygen atoms in total. The Kier molecular flexibility index (Phi) is 17.5. The van der Waals surface area contributed by atoms with Crippen molar-refractivity contribution in [3.8, 4) is 0 Å². The topological polar surface area (TPSA) is 201 Å². The van der Waals surface area contributed by atoms with Gasteiger partial charge in [-0.15, -0.1) is 0 Å². The molecular formula is C37H41N2Na2O10S3+. The molecule has 0 radical (unpaired) electrons. The molecule has 0 saturated carbocycles. The molecule has 0 saturated heterocycles. The second-order valence-corrected chi connectivity index (χ2v) is 15.9. The van der Waals surface area contributed by atoms with E-state index in [4.69, 9.17) is 0 Å². The molecular weight excluding hydrogens is 775 g/mol. The number of rotatable bonds is 12. The van der Waals surface area contributed by atoms with Crippen LogP contribution in [0, 0.1) is 0 Å². The molecule has 4 aromatic carbocycles. The summed E-state index contributed by atoms with van der Waals surface area (Å²) in [5.41, 5.74) is 5.16. The van der Waals surface area contributed by atoms with Gasteiger partial charge in [0.2, 0.25) is 0 Å². The summed E-state index contributed by atoms with van der Waals surface area (Å²) < 4.78 is 103. The van der Waals surface area contributed by atoms with E-state index < -0.39 is 30.4 Å². The van der Waals surface area contributed by atoms with Gasteiger partial charge >= 0.3 is 59.1 Å². The average molecular weight is 816 g/mol. The van der Waals surface area contributed by atoms with E-state index in [0.717, 1.165) is 11.4 Å². The molecule has 0 amide bonds. The van der Waals surface area contributed by atoms with Gasteiger partial charge in [0, 0.05) is 42.1 Å². The molecule has 5 N–H and O–H groups in total. The van der Waals surface area contributed by atoms with Gasteiger partial charge in [-0.2, -0.15) is 25.3 Å². The zero-order valence-corrected chi connectivity index (χ0v) is 30.7. The van der Waals surface area contributed by atoms with Crippen molar-refractivity contribution in [2.45, 2.75) is 41.6 Å². The zero-order valence-electron chi connectivity index (χ0n) is 28.3. The van der Waals surface area contributed by atoms with Crippen LogP contribution in [0.15, 0.2) is 142 Å². The fourth-order valence-electron chi connectivity index (χ4n) is 5.87. The second-order valence-electron chi connectivity index (χ2n) is 11.7. The molecule has 1 aliphatic carbocycles. The minimum absolute atomic E-state index is 0. The Morgan fingerprint density at radius 3 is 1.70 bits per heavy atom. The van der Waals surface area contributed by atoms with Crippen LogP contribution in [-0.2, 0) is 43.4 Å². The van der Waals surface area contributed by atoms with E-state index in [-0.39, 0.29) is 79.3 Å². The van der Waals surface area contributed by atoms with Gasteiger partial charge in [-0.1, -0.05) is 54.6 Å². The molecule has 0 bridgehead atoms. The maximum atomic E-state index is 12.5. The first kappa shape index (κ1) is 47.4. The van der Waals surface area contributed by atoms with Crippen LogP contribution in [0.4, 0.5) is 5.69 Å². The van der Waals surface area contributed by atoms with Gasteiger partial charge < -0.3 is 10.4 Å². The van der Waals surface area contributed by atoms with Crippen molar-refractivity contribution >= 4 is 106 Å². The summed E-state index contributed by atoms with van der Waals surface area (Å²) in [4.78, 5) is 1.37. The van der Waals surface area contributed by atoms with Crippen LogP contribution in [0.2, 0.25) is 0 Å². The molecule has 0 aromatic heterocycles. The number of benzene rings is 4. The molecule has 0 spiro atoms. The van der Waals surface area contributed by atoms with Gasteiger partial charge in [-0.25, -0.2) is 4.58 Å². The van der Waals surface area contributed by atoms with Crippen molar-refractivity contribution in [1.29, 1.82) is 0 Å². The van der Waals surface area contributed by atoms with Crippen LogP contribution in [0.25, 0.3) is 5.57 Å². The van der Waals surface area contributed by atoms with Gasteiger partial charge in [0.1, 0.15) is 11.4 Å². The summed E-state index contributed by atoms with van der Waals surface area (Å²) in [6.45, 7) is 5.77. The van der Waals surface area contributed by atoms with Crippen LogP contribution in [0.1, 0.15) is 36.1 Å². The van der Waals surface area contributed by atoms with E-state index in [0.29, 0.717) is 59.6 Å². The van der Waals surface area contributed by atoms with E-state index in [1.54, 1.807) is 36.4 Å². The van der Waals surface area contributed by atoms with Gasteiger partial charge in [-0.3, -0.25) is 13.7 Å². The second kappa shape index (κ2) is 19.9. The molecule has 4 aromatic rings. The van der Waals surface area contributed by atoms with E-state index >= 15 is 0 Å². The predicted octanol–water partition coefficient (Wildman–Crippen LogP) is 3.93. The Labute approximate surface area is 360 Å². The number of hydrogen-bond acceptors (Lipinski definition) is 7. The quantitative estimate of drug-likeness (QED) is 0.107. The Morgan fingerprint density at radius 2 is 1.19 bits per heavy atom. The van der Waals surface area contributed by atoms with E-state index in [2.05, 4.69) is 0 Å². The van der Waals surface area contributed by atoms with Gasteiger partial charge in [0.05, 0.1) is 9.79 Å². The molecule has 278 valence electrons. The summed E-state index contributed by atoms with van der Waals surface area (Å²) in [7, 11) is -13.3. The van der Waals surface area contributed by atoms with Crippen molar-refractivity contribution in [2.75, 3.05) is 18.0 Å². The third-order valence-corrected chi connectivity index (χ3v) is 11.0. The molecule has 1 aliphatic rings. The maximum absolute atomic E-state index is 12.5. The monoisotopic (exact) mass is 815 g/mol. The Balaban J connectivity index is 0.00000336. The molecule has 54 heavy (non-hydrogen) atoms. The van der Waals surface area contributed by atoms with Crippen LogP contribution in [-0.4, -0.2) is 127 Å². The fourth-order valence-corrected chi connectivity index (χ4v) is 7.67. The molecule has 0 fully saturated rings. The fraction of sp³-hybridized carbons (Fsp3) is 0.162. The van der Waals surface area contributed by atoms with Gasteiger partial charge in [0.25, 0.3) is 30.4 Å². The minimum atomic E-state index is -4.60. The first-order chi connectivity index (χ1) is 24.1.